The molecule has 4 rings (SSSR count). The first-order valence-corrected chi connectivity index (χ1v) is 8.93. The zero-order valence-corrected chi connectivity index (χ0v) is 15.5. The van der Waals surface area contributed by atoms with Gasteiger partial charge in [-0.3, -0.25) is 4.79 Å². The topological polar surface area (TPSA) is 80.5 Å². The summed E-state index contributed by atoms with van der Waals surface area (Å²) in [6.45, 7) is 6.48. The molecule has 1 aromatic carbocycles. The third-order valence-corrected chi connectivity index (χ3v) is 4.06. The van der Waals surface area contributed by atoms with Crippen LogP contribution in [0, 0.1) is 5.82 Å². The van der Waals surface area contributed by atoms with Crippen LogP contribution in [0.1, 0.15) is 42.7 Å². The summed E-state index contributed by atoms with van der Waals surface area (Å²) in [7, 11) is 0. The van der Waals surface area contributed by atoms with Crippen LogP contribution in [0.25, 0.3) is 5.65 Å². The average molecular weight is 371 g/mol. The summed E-state index contributed by atoms with van der Waals surface area (Å²) in [5.74, 6) is 0.521. The molecule has 0 saturated carbocycles. The molecule has 1 aliphatic rings. The zero-order valence-electron chi connectivity index (χ0n) is 15.5. The van der Waals surface area contributed by atoms with Gasteiger partial charge in [0.25, 0.3) is 5.91 Å². The summed E-state index contributed by atoms with van der Waals surface area (Å²) in [6, 6.07) is 5.89. The van der Waals surface area contributed by atoms with Crippen molar-refractivity contribution in [2.75, 3.05) is 18.5 Å². The van der Waals surface area contributed by atoms with Gasteiger partial charge >= 0.3 is 0 Å². The summed E-state index contributed by atoms with van der Waals surface area (Å²) in [4.78, 5) is 16.8. The van der Waals surface area contributed by atoms with Gasteiger partial charge in [-0.1, -0.05) is 13.8 Å². The number of fused-ring (bicyclic) bond motifs is 2. The van der Waals surface area contributed by atoms with Crippen LogP contribution in [-0.4, -0.2) is 33.7 Å². The molecule has 8 heteroatoms. The van der Waals surface area contributed by atoms with E-state index >= 15 is 0 Å². The molecule has 0 unspecified atom stereocenters. The van der Waals surface area contributed by atoms with Crippen molar-refractivity contribution in [2.45, 2.75) is 26.8 Å². The highest BCUT2D eigenvalue weighted by Crippen LogP contribution is 2.28. The lowest BCUT2D eigenvalue weighted by Gasteiger charge is -2.19. The maximum absolute atomic E-state index is 13.7. The van der Waals surface area contributed by atoms with E-state index in [1.807, 2.05) is 20.8 Å². The van der Waals surface area contributed by atoms with Crippen molar-refractivity contribution in [1.29, 1.82) is 0 Å². The van der Waals surface area contributed by atoms with Crippen molar-refractivity contribution in [1.82, 2.24) is 19.9 Å². The van der Waals surface area contributed by atoms with Crippen molar-refractivity contribution in [3.8, 4) is 5.75 Å². The number of carbonyl (C=O) groups is 1. The number of hydrogen-bond donors (Lipinski definition) is 2. The molecule has 1 amide bonds. The molecule has 2 aromatic heterocycles. The Morgan fingerprint density at radius 2 is 2.11 bits per heavy atom. The quantitative estimate of drug-likeness (QED) is 0.634. The van der Waals surface area contributed by atoms with Crippen molar-refractivity contribution < 1.29 is 13.9 Å². The first-order valence-electron chi connectivity index (χ1n) is 8.93. The van der Waals surface area contributed by atoms with Gasteiger partial charge in [-0.05, 0) is 31.2 Å². The summed E-state index contributed by atoms with van der Waals surface area (Å²) in [5, 5.41) is 10.1. The highest BCUT2D eigenvalue weighted by Gasteiger charge is 2.18. The molecule has 7 nitrogen and oxygen atoms in total. The summed E-state index contributed by atoms with van der Waals surface area (Å²) in [6.07, 6.45) is 3.20. The molecule has 0 fully saturated rings. The van der Waals surface area contributed by atoms with E-state index in [0.717, 1.165) is 0 Å². The third kappa shape index (κ3) is 3.84. The van der Waals surface area contributed by atoms with Crippen molar-refractivity contribution in [2.24, 2.45) is 0 Å². The van der Waals surface area contributed by atoms with E-state index in [4.69, 9.17) is 4.74 Å². The Morgan fingerprint density at radius 3 is 2.93 bits per heavy atom. The number of aromatic nitrogens is 3. The predicted octanol–water partition coefficient (Wildman–Crippen LogP) is 3.19. The molecule has 0 aliphatic carbocycles. The fourth-order valence-electron chi connectivity index (χ4n) is 2.82. The maximum Gasteiger partial charge on any atom is 0.256 e. The van der Waals surface area contributed by atoms with E-state index in [0.29, 0.717) is 34.9 Å². The van der Waals surface area contributed by atoms with Crippen molar-refractivity contribution in [3.05, 3.63) is 53.6 Å². The number of carbonyl (C=O) groups excluding carboxylic acids is 1. The van der Waals surface area contributed by atoms with Crippen LogP contribution in [0.2, 0.25) is 0 Å². The standard InChI is InChI=1S/C17H16FN5O2.C2H6/c1-10-12-8-11(18)2-3-14(12)25-7-5-19-17(24)13-9-20-23-6-4-15(21-10)22-16(13)23;1-2/h2-4,6,8-10H,5,7H2,1H3,(H,19,24)(H,21,22);1-2H3/t10-;/m1./s1. The molecule has 0 spiro atoms. The first kappa shape index (κ1) is 18.6. The number of nitrogens with one attached hydrogen (secondary N) is 2. The highest BCUT2D eigenvalue weighted by molar-refractivity contribution is 5.99. The van der Waals surface area contributed by atoms with E-state index < -0.39 is 0 Å². The van der Waals surface area contributed by atoms with Crippen LogP contribution in [0.15, 0.2) is 36.7 Å². The van der Waals surface area contributed by atoms with Crippen molar-refractivity contribution in [3.63, 3.8) is 0 Å². The zero-order chi connectivity index (χ0) is 19.4. The fraction of sp³-hybridized carbons (Fsp3) is 0.316. The molecule has 27 heavy (non-hydrogen) atoms. The first-order chi connectivity index (χ1) is 13.1. The van der Waals surface area contributed by atoms with Crippen LogP contribution >= 0.6 is 0 Å². The normalized spacial score (nSPS) is 16.4. The number of halogens is 1. The number of amides is 1. The Hall–Kier alpha value is -3.16. The molecular formula is C19H22FN5O2. The predicted molar refractivity (Wildman–Crippen MR) is 101 cm³/mol. The Bertz CT molecular complexity index is 956. The number of rotatable bonds is 0. The van der Waals surface area contributed by atoms with E-state index in [-0.39, 0.29) is 24.4 Å². The van der Waals surface area contributed by atoms with Gasteiger partial charge in [0.05, 0.1) is 18.8 Å². The molecule has 3 aromatic rings. The van der Waals surface area contributed by atoms with E-state index in [9.17, 15) is 9.18 Å². The van der Waals surface area contributed by atoms with Gasteiger partial charge in [0.2, 0.25) is 0 Å². The Labute approximate surface area is 156 Å². The van der Waals surface area contributed by atoms with Gasteiger partial charge in [0, 0.05) is 11.8 Å². The molecular weight excluding hydrogens is 349 g/mol. The summed E-state index contributed by atoms with van der Waals surface area (Å²) < 4.78 is 21.0. The van der Waals surface area contributed by atoms with E-state index in [2.05, 4.69) is 20.7 Å². The number of anilines is 1. The molecule has 142 valence electrons. The minimum Gasteiger partial charge on any atom is -0.491 e. The molecule has 1 atom stereocenters. The van der Waals surface area contributed by atoms with Crippen LogP contribution in [0.3, 0.4) is 0 Å². The SMILES string of the molecule is CC.C[C@H]1Nc2ccn3ncc(c3n2)C(=O)NCCOc2ccc(F)cc21. The lowest BCUT2D eigenvalue weighted by Crippen LogP contribution is -2.28. The molecule has 3 heterocycles. The van der Waals surface area contributed by atoms with Crippen molar-refractivity contribution >= 4 is 17.4 Å². The van der Waals surface area contributed by atoms with Gasteiger partial charge in [-0.25, -0.2) is 13.9 Å². The fourth-order valence-corrected chi connectivity index (χ4v) is 2.82. The Kier molecular flexibility index (Phi) is 5.54. The second-order valence-electron chi connectivity index (χ2n) is 5.79. The lowest BCUT2D eigenvalue weighted by atomic mass is 10.1. The monoisotopic (exact) mass is 371 g/mol. The minimum absolute atomic E-state index is 0.239. The second-order valence-corrected chi connectivity index (χ2v) is 5.79. The third-order valence-electron chi connectivity index (χ3n) is 4.06. The van der Waals surface area contributed by atoms with Crippen LogP contribution in [-0.2, 0) is 0 Å². The largest absolute Gasteiger partial charge is 0.491 e. The highest BCUT2D eigenvalue weighted by atomic mass is 19.1. The van der Waals surface area contributed by atoms with Crippen LogP contribution in [0.4, 0.5) is 10.2 Å². The second kappa shape index (κ2) is 8.03. The van der Waals surface area contributed by atoms with Gasteiger partial charge in [0.15, 0.2) is 5.65 Å². The van der Waals surface area contributed by atoms with Gasteiger partial charge in [-0.15, -0.1) is 0 Å². The molecule has 1 aliphatic heterocycles. The van der Waals surface area contributed by atoms with Gasteiger partial charge < -0.3 is 15.4 Å². The van der Waals surface area contributed by atoms with Gasteiger partial charge in [-0.2, -0.15) is 5.10 Å². The number of nitrogens with zero attached hydrogens (tertiary/aromatic N) is 3. The van der Waals surface area contributed by atoms with E-state index in [1.54, 1.807) is 18.3 Å². The molecule has 0 radical (unpaired) electrons. The summed E-state index contributed by atoms with van der Waals surface area (Å²) >= 11 is 0. The number of benzene rings is 1. The number of ether oxygens (including phenoxy) is 1. The molecule has 2 N–H and O–H groups in total. The minimum atomic E-state index is -0.338. The lowest BCUT2D eigenvalue weighted by molar-refractivity contribution is 0.0948. The van der Waals surface area contributed by atoms with Crippen LogP contribution in [0.5, 0.6) is 5.75 Å². The molecule has 2 bridgehead atoms. The van der Waals surface area contributed by atoms with E-state index in [1.165, 1.54) is 22.8 Å². The summed E-state index contributed by atoms with van der Waals surface area (Å²) in [5.41, 5.74) is 1.52. The molecule has 0 saturated heterocycles. The van der Waals surface area contributed by atoms with Crippen LogP contribution < -0.4 is 15.4 Å². The number of hydrogen-bond acceptors (Lipinski definition) is 5. The smallest absolute Gasteiger partial charge is 0.256 e. The average Bonchev–Trinajstić information content (AvgIpc) is 3.10. The van der Waals surface area contributed by atoms with Gasteiger partial charge in [0.1, 0.15) is 29.6 Å². The Balaban J connectivity index is 0.00000102. The maximum atomic E-state index is 13.7. The Morgan fingerprint density at radius 1 is 1.30 bits per heavy atom.